The van der Waals surface area contributed by atoms with Crippen LogP contribution in [-0.4, -0.2) is 9.97 Å². The van der Waals surface area contributed by atoms with Crippen LogP contribution in [0.2, 0.25) is 0 Å². The largest absolute Gasteiger partial charge is 0.350 e. The van der Waals surface area contributed by atoms with E-state index in [-0.39, 0.29) is 5.82 Å². The molecular formula is C24H21FN4. The van der Waals surface area contributed by atoms with Crippen LogP contribution in [-0.2, 0) is 13.1 Å². The van der Waals surface area contributed by atoms with Crippen LogP contribution in [0.4, 0.5) is 21.8 Å². The summed E-state index contributed by atoms with van der Waals surface area (Å²) >= 11 is 0. The van der Waals surface area contributed by atoms with Crippen molar-refractivity contribution in [1.29, 1.82) is 0 Å². The SMILES string of the molecule is Fc1ccc(CNc2nccc(N(Cc3ccccc3)c3ccccc3)n2)cc1. The molecule has 4 nitrogen and oxygen atoms in total. The molecule has 0 fully saturated rings. The maximum atomic E-state index is 13.1. The second kappa shape index (κ2) is 8.97. The van der Waals surface area contributed by atoms with E-state index in [0.29, 0.717) is 19.0 Å². The van der Waals surface area contributed by atoms with Gasteiger partial charge in [0.05, 0.1) is 0 Å². The maximum absolute atomic E-state index is 13.1. The summed E-state index contributed by atoms with van der Waals surface area (Å²) < 4.78 is 13.1. The van der Waals surface area contributed by atoms with Crippen molar-refractivity contribution < 1.29 is 4.39 Å². The predicted octanol–water partition coefficient (Wildman–Crippen LogP) is 5.57. The molecule has 4 aromatic rings. The standard InChI is InChI=1S/C24H21FN4/c25-21-13-11-19(12-14-21)17-27-24-26-16-15-23(28-24)29(22-9-5-2-6-10-22)18-20-7-3-1-4-8-20/h1-16H,17-18H2,(H,26,27,28). The zero-order chi connectivity index (χ0) is 19.9. The van der Waals surface area contributed by atoms with E-state index in [1.54, 1.807) is 18.3 Å². The molecule has 0 atom stereocenters. The molecule has 0 spiro atoms. The van der Waals surface area contributed by atoms with Gasteiger partial charge in [-0.3, -0.25) is 0 Å². The third-order valence-corrected chi connectivity index (χ3v) is 4.53. The molecule has 5 heteroatoms. The highest BCUT2D eigenvalue weighted by atomic mass is 19.1. The summed E-state index contributed by atoms with van der Waals surface area (Å²) in [5.74, 6) is 1.09. The highest BCUT2D eigenvalue weighted by Crippen LogP contribution is 2.26. The third kappa shape index (κ3) is 4.96. The number of halogens is 1. The first-order valence-electron chi connectivity index (χ1n) is 9.46. The quantitative estimate of drug-likeness (QED) is 0.452. The Morgan fingerprint density at radius 3 is 2.17 bits per heavy atom. The van der Waals surface area contributed by atoms with E-state index in [1.165, 1.54) is 17.7 Å². The van der Waals surface area contributed by atoms with Crippen molar-refractivity contribution >= 4 is 17.5 Å². The average molecular weight is 384 g/mol. The Morgan fingerprint density at radius 1 is 0.759 bits per heavy atom. The fraction of sp³-hybridized carbons (Fsp3) is 0.0833. The second-order valence-corrected chi connectivity index (χ2v) is 6.63. The van der Waals surface area contributed by atoms with Gasteiger partial charge in [0.15, 0.2) is 0 Å². The number of hydrogen-bond donors (Lipinski definition) is 1. The molecule has 29 heavy (non-hydrogen) atoms. The van der Waals surface area contributed by atoms with E-state index in [2.05, 4.69) is 39.5 Å². The van der Waals surface area contributed by atoms with Gasteiger partial charge in [0.25, 0.3) is 0 Å². The van der Waals surface area contributed by atoms with Crippen LogP contribution in [0.1, 0.15) is 11.1 Å². The van der Waals surface area contributed by atoms with Gasteiger partial charge in [-0.15, -0.1) is 0 Å². The number of para-hydroxylation sites is 1. The first-order valence-corrected chi connectivity index (χ1v) is 9.46. The summed E-state index contributed by atoms with van der Waals surface area (Å²) in [5, 5.41) is 3.22. The number of rotatable bonds is 7. The first-order chi connectivity index (χ1) is 14.3. The first kappa shape index (κ1) is 18.6. The summed E-state index contributed by atoms with van der Waals surface area (Å²) in [6.07, 6.45) is 1.75. The molecule has 0 aliphatic heterocycles. The fourth-order valence-electron chi connectivity index (χ4n) is 3.05. The minimum atomic E-state index is -0.244. The van der Waals surface area contributed by atoms with Crippen LogP contribution >= 0.6 is 0 Å². The van der Waals surface area contributed by atoms with Gasteiger partial charge in [-0.25, -0.2) is 9.37 Å². The number of nitrogens with zero attached hydrogens (tertiary/aromatic N) is 3. The van der Waals surface area contributed by atoms with Gasteiger partial charge in [-0.05, 0) is 41.5 Å². The molecule has 0 aliphatic rings. The Hall–Kier alpha value is -3.73. The Balaban J connectivity index is 1.57. The van der Waals surface area contributed by atoms with E-state index >= 15 is 0 Å². The van der Waals surface area contributed by atoms with Crippen molar-refractivity contribution in [3.8, 4) is 0 Å². The van der Waals surface area contributed by atoms with Crippen LogP contribution in [0.3, 0.4) is 0 Å². The molecular weight excluding hydrogens is 363 g/mol. The number of benzene rings is 3. The lowest BCUT2D eigenvalue weighted by Crippen LogP contribution is -2.18. The van der Waals surface area contributed by atoms with E-state index in [1.807, 2.05) is 42.5 Å². The van der Waals surface area contributed by atoms with Gasteiger partial charge in [0.1, 0.15) is 11.6 Å². The van der Waals surface area contributed by atoms with Crippen LogP contribution in [0.25, 0.3) is 0 Å². The van der Waals surface area contributed by atoms with Crippen LogP contribution in [0.15, 0.2) is 97.2 Å². The average Bonchev–Trinajstić information content (AvgIpc) is 2.79. The summed E-state index contributed by atoms with van der Waals surface area (Å²) in [7, 11) is 0. The molecule has 4 rings (SSSR count). The molecule has 0 radical (unpaired) electrons. The lowest BCUT2D eigenvalue weighted by molar-refractivity contribution is 0.627. The number of hydrogen-bond acceptors (Lipinski definition) is 4. The number of aromatic nitrogens is 2. The zero-order valence-electron chi connectivity index (χ0n) is 15.9. The molecule has 0 aliphatic carbocycles. The van der Waals surface area contributed by atoms with Gasteiger partial charge >= 0.3 is 0 Å². The van der Waals surface area contributed by atoms with E-state index < -0.39 is 0 Å². The Morgan fingerprint density at radius 2 is 1.45 bits per heavy atom. The van der Waals surface area contributed by atoms with Gasteiger partial charge < -0.3 is 10.2 Å². The molecule has 0 saturated carbocycles. The van der Waals surface area contributed by atoms with Crippen LogP contribution in [0.5, 0.6) is 0 Å². The second-order valence-electron chi connectivity index (χ2n) is 6.63. The highest BCUT2D eigenvalue weighted by molar-refractivity contribution is 5.60. The predicted molar refractivity (Wildman–Crippen MR) is 114 cm³/mol. The van der Waals surface area contributed by atoms with Crippen molar-refractivity contribution in [3.05, 3.63) is 114 Å². The Kier molecular flexibility index (Phi) is 5.76. The van der Waals surface area contributed by atoms with Crippen molar-refractivity contribution in [1.82, 2.24) is 9.97 Å². The summed E-state index contributed by atoms with van der Waals surface area (Å²) in [5.41, 5.74) is 3.21. The molecule has 0 saturated heterocycles. The summed E-state index contributed by atoms with van der Waals surface area (Å²) in [4.78, 5) is 11.2. The van der Waals surface area contributed by atoms with Gasteiger partial charge in [-0.2, -0.15) is 4.98 Å². The molecule has 1 heterocycles. The molecule has 0 unspecified atom stereocenters. The molecule has 0 bridgehead atoms. The van der Waals surface area contributed by atoms with Crippen LogP contribution < -0.4 is 10.2 Å². The molecule has 1 aromatic heterocycles. The topological polar surface area (TPSA) is 41.1 Å². The highest BCUT2D eigenvalue weighted by Gasteiger charge is 2.12. The maximum Gasteiger partial charge on any atom is 0.224 e. The zero-order valence-corrected chi connectivity index (χ0v) is 15.9. The summed E-state index contributed by atoms with van der Waals surface area (Å²) in [6, 6.07) is 28.7. The van der Waals surface area contributed by atoms with E-state index in [4.69, 9.17) is 4.98 Å². The Labute approximate surface area is 169 Å². The molecule has 1 N–H and O–H groups in total. The number of nitrogens with one attached hydrogen (secondary N) is 1. The molecule has 144 valence electrons. The van der Waals surface area contributed by atoms with Crippen molar-refractivity contribution in [2.45, 2.75) is 13.1 Å². The minimum Gasteiger partial charge on any atom is -0.350 e. The summed E-state index contributed by atoms with van der Waals surface area (Å²) in [6.45, 7) is 1.22. The van der Waals surface area contributed by atoms with Gasteiger partial charge in [0, 0.05) is 25.0 Å². The van der Waals surface area contributed by atoms with Crippen molar-refractivity contribution in [2.24, 2.45) is 0 Å². The molecule has 3 aromatic carbocycles. The fourth-order valence-corrected chi connectivity index (χ4v) is 3.05. The third-order valence-electron chi connectivity index (χ3n) is 4.53. The Bertz CT molecular complexity index is 1040. The lowest BCUT2D eigenvalue weighted by Gasteiger charge is -2.24. The van der Waals surface area contributed by atoms with E-state index in [9.17, 15) is 4.39 Å². The normalized spacial score (nSPS) is 10.5. The van der Waals surface area contributed by atoms with Gasteiger partial charge in [-0.1, -0.05) is 60.7 Å². The lowest BCUT2D eigenvalue weighted by atomic mass is 10.2. The monoisotopic (exact) mass is 384 g/mol. The van der Waals surface area contributed by atoms with Crippen LogP contribution in [0, 0.1) is 5.82 Å². The van der Waals surface area contributed by atoms with Gasteiger partial charge in [0.2, 0.25) is 5.95 Å². The number of anilines is 3. The van der Waals surface area contributed by atoms with Crippen molar-refractivity contribution in [2.75, 3.05) is 10.2 Å². The molecule has 0 amide bonds. The van der Waals surface area contributed by atoms with Crippen molar-refractivity contribution in [3.63, 3.8) is 0 Å². The minimum absolute atomic E-state index is 0.244. The van der Waals surface area contributed by atoms with E-state index in [0.717, 1.165) is 17.1 Å². The smallest absolute Gasteiger partial charge is 0.224 e.